The predicted molar refractivity (Wildman–Crippen MR) is 79.1 cm³/mol. The molecule has 2 aromatic heterocycles. The number of thiophene rings is 1. The number of sulfonamides is 1. The van der Waals surface area contributed by atoms with Gasteiger partial charge in [0.2, 0.25) is 0 Å². The van der Waals surface area contributed by atoms with Gasteiger partial charge in [0.15, 0.2) is 11.5 Å². The molecule has 118 valence electrons. The first-order chi connectivity index (χ1) is 10.5. The van der Waals surface area contributed by atoms with Crippen LogP contribution < -0.4 is 0 Å². The fourth-order valence-electron chi connectivity index (χ4n) is 2.24. The van der Waals surface area contributed by atoms with Gasteiger partial charge in [-0.2, -0.15) is 4.31 Å². The standard InChI is InChI=1S/C13H14N2O5S2/c1-19-13(16)9-8-10(20-14-9)11-4-5-12(21-11)22(17,18)15-6-2-3-7-15/h4-5,8H,2-3,6-7H2,1H3. The van der Waals surface area contributed by atoms with Crippen LogP contribution in [0.5, 0.6) is 0 Å². The van der Waals surface area contributed by atoms with Crippen LogP contribution in [0.4, 0.5) is 0 Å². The lowest BCUT2D eigenvalue weighted by Crippen LogP contribution is -2.27. The highest BCUT2D eigenvalue weighted by Crippen LogP contribution is 2.33. The van der Waals surface area contributed by atoms with E-state index in [-0.39, 0.29) is 9.90 Å². The fraction of sp³-hybridized carbons (Fsp3) is 0.385. The van der Waals surface area contributed by atoms with Crippen molar-refractivity contribution in [3.63, 3.8) is 0 Å². The highest BCUT2D eigenvalue weighted by atomic mass is 32.2. The number of methoxy groups -OCH3 is 1. The highest BCUT2D eigenvalue weighted by molar-refractivity contribution is 7.91. The van der Waals surface area contributed by atoms with Gasteiger partial charge in [0.05, 0.1) is 12.0 Å². The minimum absolute atomic E-state index is 0.0508. The molecule has 3 rings (SSSR count). The Kier molecular flexibility index (Phi) is 4.02. The molecular weight excluding hydrogens is 328 g/mol. The molecule has 1 fully saturated rings. The lowest BCUT2D eigenvalue weighted by molar-refractivity contribution is 0.0589. The van der Waals surface area contributed by atoms with E-state index in [0.29, 0.717) is 23.7 Å². The fourth-order valence-corrected chi connectivity index (χ4v) is 5.16. The molecule has 0 aliphatic carbocycles. The average molecular weight is 342 g/mol. The number of aromatic nitrogens is 1. The van der Waals surface area contributed by atoms with Crippen LogP contribution in [-0.4, -0.2) is 44.0 Å². The van der Waals surface area contributed by atoms with Crippen molar-refractivity contribution >= 4 is 27.3 Å². The lowest BCUT2D eigenvalue weighted by atomic mass is 10.3. The van der Waals surface area contributed by atoms with E-state index in [2.05, 4.69) is 9.89 Å². The Morgan fingerprint density at radius 2 is 2.09 bits per heavy atom. The van der Waals surface area contributed by atoms with E-state index in [1.54, 1.807) is 12.1 Å². The summed E-state index contributed by atoms with van der Waals surface area (Å²) < 4.78 is 36.3. The first-order valence-electron chi connectivity index (χ1n) is 6.68. The Morgan fingerprint density at radius 3 is 2.77 bits per heavy atom. The van der Waals surface area contributed by atoms with Crippen molar-refractivity contribution in [1.29, 1.82) is 0 Å². The normalized spacial score (nSPS) is 16.0. The molecule has 22 heavy (non-hydrogen) atoms. The Hall–Kier alpha value is -1.71. The third-order valence-corrected chi connectivity index (χ3v) is 6.85. The first kappa shape index (κ1) is 15.2. The maximum Gasteiger partial charge on any atom is 0.360 e. The second-order valence-corrected chi connectivity index (χ2v) is 8.05. The van der Waals surface area contributed by atoms with Crippen LogP contribution in [0.25, 0.3) is 10.6 Å². The molecular formula is C13H14N2O5S2. The molecule has 0 atom stereocenters. The summed E-state index contributed by atoms with van der Waals surface area (Å²) in [6, 6.07) is 4.63. The van der Waals surface area contributed by atoms with Gasteiger partial charge in [-0.3, -0.25) is 0 Å². The van der Waals surface area contributed by atoms with E-state index in [0.717, 1.165) is 24.2 Å². The summed E-state index contributed by atoms with van der Waals surface area (Å²) in [5.41, 5.74) is 0.0508. The maximum atomic E-state index is 12.5. The summed E-state index contributed by atoms with van der Waals surface area (Å²) in [5.74, 6) is -0.260. The van der Waals surface area contributed by atoms with Gasteiger partial charge in [0.1, 0.15) is 4.21 Å². The molecule has 0 N–H and O–H groups in total. The quantitative estimate of drug-likeness (QED) is 0.789. The van der Waals surface area contributed by atoms with Crippen molar-refractivity contribution in [2.24, 2.45) is 0 Å². The van der Waals surface area contributed by atoms with Gasteiger partial charge in [-0.25, -0.2) is 13.2 Å². The van der Waals surface area contributed by atoms with Crippen molar-refractivity contribution in [3.05, 3.63) is 23.9 Å². The summed E-state index contributed by atoms with van der Waals surface area (Å²) in [4.78, 5) is 12.0. The number of carbonyl (C=O) groups is 1. The molecule has 0 amide bonds. The molecule has 0 radical (unpaired) electrons. The van der Waals surface area contributed by atoms with E-state index in [4.69, 9.17) is 4.52 Å². The summed E-state index contributed by atoms with van der Waals surface area (Å²) in [6.07, 6.45) is 1.78. The van der Waals surface area contributed by atoms with Crippen LogP contribution in [0.3, 0.4) is 0 Å². The Morgan fingerprint density at radius 1 is 1.36 bits per heavy atom. The van der Waals surface area contributed by atoms with Gasteiger partial charge in [-0.05, 0) is 25.0 Å². The predicted octanol–water partition coefficient (Wildman–Crippen LogP) is 1.97. The summed E-state index contributed by atoms with van der Waals surface area (Å²) in [5, 5.41) is 3.61. The minimum Gasteiger partial charge on any atom is -0.464 e. The van der Waals surface area contributed by atoms with Crippen LogP contribution in [-0.2, 0) is 14.8 Å². The van der Waals surface area contributed by atoms with Crippen LogP contribution in [0.1, 0.15) is 23.3 Å². The van der Waals surface area contributed by atoms with Crippen LogP contribution >= 0.6 is 11.3 Å². The van der Waals surface area contributed by atoms with Gasteiger partial charge < -0.3 is 9.26 Å². The number of rotatable bonds is 4. The smallest absolute Gasteiger partial charge is 0.360 e. The molecule has 0 bridgehead atoms. The number of esters is 1. The van der Waals surface area contributed by atoms with Gasteiger partial charge in [-0.1, -0.05) is 5.16 Å². The van der Waals surface area contributed by atoms with Crippen molar-refractivity contribution in [2.45, 2.75) is 17.1 Å². The third-order valence-electron chi connectivity index (χ3n) is 3.39. The molecule has 1 aliphatic heterocycles. The highest BCUT2D eigenvalue weighted by Gasteiger charge is 2.29. The summed E-state index contributed by atoms with van der Waals surface area (Å²) in [7, 11) is -2.19. The second-order valence-electron chi connectivity index (χ2n) is 4.80. The van der Waals surface area contributed by atoms with E-state index in [9.17, 15) is 13.2 Å². The topological polar surface area (TPSA) is 89.7 Å². The molecule has 0 aromatic carbocycles. The van der Waals surface area contributed by atoms with Gasteiger partial charge in [0.25, 0.3) is 10.0 Å². The third kappa shape index (κ3) is 2.67. The maximum absolute atomic E-state index is 12.5. The van der Waals surface area contributed by atoms with Gasteiger partial charge >= 0.3 is 5.97 Å². The molecule has 2 aromatic rings. The van der Waals surface area contributed by atoms with Crippen molar-refractivity contribution in [1.82, 2.24) is 9.46 Å². The minimum atomic E-state index is -3.44. The summed E-state index contributed by atoms with van der Waals surface area (Å²) >= 11 is 1.10. The molecule has 1 aliphatic rings. The largest absolute Gasteiger partial charge is 0.464 e. The van der Waals surface area contributed by atoms with Crippen LogP contribution in [0.2, 0.25) is 0 Å². The second kappa shape index (κ2) is 5.82. The molecule has 0 saturated carbocycles. The Labute approximate surface area is 131 Å². The average Bonchev–Trinajstić information content (AvgIpc) is 3.26. The molecule has 3 heterocycles. The molecule has 9 heteroatoms. The molecule has 7 nitrogen and oxygen atoms in total. The van der Waals surface area contributed by atoms with Crippen molar-refractivity contribution in [3.8, 4) is 10.6 Å². The number of ether oxygens (including phenoxy) is 1. The van der Waals surface area contributed by atoms with Crippen LogP contribution in [0.15, 0.2) is 26.9 Å². The van der Waals surface area contributed by atoms with Gasteiger partial charge in [0, 0.05) is 19.2 Å². The van der Waals surface area contributed by atoms with Crippen molar-refractivity contribution < 1.29 is 22.5 Å². The molecule has 0 unspecified atom stereocenters. The van der Waals surface area contributed by atoms with Crippen molar-refractivity contribution in [2.75, 3.05) is 20.2 Å². The SMILES string of the molecule is COC(=O)c1cc(-c2ccc(S(=O)(=O)N3CCCC3)s2)on1. The number of nitrogens with zero attached hydrogens (tertiary/aromatic N) is 2. The lowest BCUT2D eigenvalue weighted by Gasteiger charge is -2.13. The van der Waals surface area contributed by atoms with Crippen LogP contribution in [0, 0.1) is 0 Å². The monoisotopic (exact) mass is 342 g/mol. The number of hydrogen-bond donors (Lipinski definition) is 0. The van der Waals surface area contributed by atoms with E-state index >= 15 is 0 Å². The van der Waals surface area contributed by atoms with E-state index < -0.39 is 16.0 Å². The molecule has 0 spiro atoms. The number of carbonyl (C=O) groups excluding carboxylic acids is 1. The number of hydrogen-bond acceptors (Lipinski definition) is 7. The summed E-state index contributed by atoms with van der Waals surface area (Å²) in [6.45, 7) is 1.12. The zero-order valence-electron chi connectivity index (χ0n) is 11.8. The van der Waals surface area contributed by atoms with E-state index in [1.165, 1.54) is 17.5 Å². The Balaban J connectivity index is 1.87. The first-order valence-corrected chi connectivity index (χ1v) is 8.93. The van der Waals surface area contributed by atoms with E-state index in [1.807, 2.05) is 0 Å². The zero-order valence-corrected chi connectivity index (χ0v) is 13.4. The van der Waals surface area contributed by atoms with Gasteiger partial charge in [-0.15, -0.1) is 11.3 Å². The Bertz CT molecular complexity index is 787. The zero-order chi connectivity index (χ0) is 15.7. The molecule has 1 saturated heterocycles.